The maximum absolute atomic E-state index is 13.1. The first-order chi connectivity index (χ1) is 16.0. The lowest BCUT2D eigenvalue weighted by molar-refractivity contribution is -0.136. The Hall–Kier alpha value is -3.20. The number of hydrogen-bond acceptors (Lipinski definition) is 7. The molecule has 1 aromatic heterocycles. The number of aromatic nitrogens is 2. The maximum atomic E-state index is 13.1. The summed E-state index contributed by atoms with van der Waals surface area (Å²) in [6, 6.07) is 9.67. The summed E-state index contributed by atoms with van der Waals surface area (Å²) in [6.45, 7) is 7.99. The van der Waals surface area contributed by atoms with Gasteiger partial charge < -0.3 is 24.2 Å². The molecule has 2 fully saturated rings. The van der Waals surface area contributed by atoms with E-state index in [0.717, 1.165) is 17.1 Å². The molecule has 2 amide bonds. The van der Waals surface area contributed by atoms with Crippen LogP contribution < -0.4 is 14.5 Å². The predicted molar refractivity (Wildman–Crippen MR) is 125 cm³/mol. The van der Waals surface area contributed by atoms with E-state index in [0.29, 0.717) is 51.8 Å². The zero-order chi connectivity index (χ0) is 23.4. The fourth-order valence-electron chi connectivity index (χ4n) is 4.22. The Morgan fingerprint density at radius 3 is 2.48 bits per heavy atom. The molecule has 1 aromatic carbocycles. The highest BCUT2D eigenvalue weighted by Gasteiger charge is 2.38. The monoisotopic (exact) mass is 453 g/mol. The number of benzene rings is 1. The molecule has 9 nitrogen and oxygen atoms in total. The molecule has 2 saturated heterocycles. The fourth-order valence-corrected chi connectivity index (χ4v) is 4.22. The Bertz CT molecular complexity index is 989. The van der Waals surface area contributed by atoms with Gasteiger partial charge in [-0.1, -0.05) is 6.07 Å². The highest BCUT2D eigenvalue weighted by atomic mass is 16.5. The molecule has 0 radical (unpaired) electrons. The second-order valence-corrected chi connectivity index (χ2v) is 8.56. The number of carbonyl (C=O) groups is 2. The summed E-state index contributed by atoms with van der Waals surface area (Å²) >= 11 is 0. The minimum absolute atomic E-state index is 0.0123. The first-order valence-corrected chi connectivity index (χ1v) is 11.3. The van der Waals surface area contributed by atoms with Gasteiger partial charge in [0.2, 0.25) is 17.7 Å². The van der Waals surface area contributed by atoms with Crippen molar-refractivity contribution in [1.29, 1.82) is 0 Å². The molecule has 0 N–H and O–H groups in total. The molecule has 4 rings (SSSR count). The molecular weight excluding hydrogens is 422 g/mol. The lowest BCUT2D eigenvalue weighted by Gasteiger charge is -2.36. The maximum Gasteiger partial charge on any atom is 0.233 e. The molecule has 33 heavy (non-hydrogen) atoms. The van der Waals surface area contributed by atoms with E-state index in [1.807, 2.05) is 43.0 Å². The number of anilines is 2. The summed E-state index contributed by atoms with van der Waals surface area (Å²) < 4.78 is 10.4. The molecule has 3 heterocycles. The Morgan fingerprint density at radius 2 is 1.82 bits per heavy atom. The van der Waals surface area contributed by atoms with Crippen LogP contribution in [0, 0.1) is 19.8 Å². The van der Waals surface area contributed by atoms with Crippen LogP contribution in [0.5, 0.6) is 5.88 Å². The summed E-state index contributed by atoms with van der Waals surface area (Å²) in [5.74, 6) is 0.997. The van der Waals surface area contributed by atoms with Crippen molar-refractivity contribution in [1.82, 2.24) is 15.1 Å². The number of amides is 2. The van der Waals surface area contributed by atoms with Crippen LogP contribution in [-0.4, -0.2) is 80.0 Å². The highest BCUT2D eigenvalue weighted by molar-refractivity contribution is 6.00. The first-order valence-electron chi connectivity index (χ1n) is 11.3. The van der Waals surface area contributed by atoms with E-state index in [2.05, 4.69) is 15.1 Å². The second kappa shape index (κ2) is 10.2. The Labute approximate surface area is 194 Å². The van der Waals surface area contributed by atoms with E-state index in [1.165, 1.54) is 5.56 Å². The predicted octanol–water partition coefficient (Wildman–Crippen LogP) is 1.82. The normalized spacial score (nSPS) is 18.7. The molecule has 0 bridgehead atoms. The zero-order valence-corrected chi connectivity index (χ0v) is 19.5. The van der Waals surface area contributed by atoms with Crippen molar-refractivity contribution in [3.8, 4) is 5.88 Å². The van der Waals surface area contributed by atoms with Crippen LogP contribution in [-0.2, 0) is 14.3 Å². The van der Waals surface area contributed by atoms with Gasteiger partial charge in [-0.05, 0) is 43.2 Å². The average molecular weight is 454 g/mol. The van der Waals surface area contributed by atoms with Gasteiger partial charge >= 0.3 is 0 Å². The van der Waals surface area contributed by atoms with Crippen LogP contribution in [0.4, 0.5) is 11.5 Å². The van der Waals surface area contributed by atoms with Gasteiger partial charge in [0, 0.05) is 58.0 Å². The molecule has 176 valence electrons. The van der Waals surface area contributed by atoms with Gasteiger partial charge in [0.05, 0.1) is 12.5 Å². The molecule has 0 saturated carbocycles. The number of rotatable bonds is 7. The van der Waals surface area contributed by atoms with E-state index in [9.17, 15) is 9.59 Å². The lowest BCUT2D eigenvalue weighted by Crippen LogP contribution is -2.51. The SMILES string of the molecule is COCCOc1ccc(N2CCN(C(=O)C3CC(=O)N(c4ccc(C)c(C)c4)C3)CC2)nn1. The minimum atomic E-state index is -0.297. The molecule has 0 aliphatic carbocycles. The van der Waals surface area contributed by atoms with E-state index in [-0.39, 0.29) is 24.2 Å². The molecular formula is C24H31N5O4. The molecule has 2 aromatic rings. The van der Waals surface area contributed by atoms with Gasteiger partial charge in [-0.2, -0.15) is 0 Å². The van der Waals surface area contributed by atoms with Crippen molar-refractivity contribution < 1.29 is 19.1 Å². The van der Waals surface area contributed by atoms with Crippen molar-refractivity contribution in [2.45, 2.75) is 20.3 Å². The Kier molecular flexibility index (Phi) is 7.08. The van der Waals surface area contributed by atoms with Gasteiger partial charge in [-0.3, -0.25) is 9.59 Å². The van der Waals surface area contributed by atoms with E-state index in [1.54, 1.807) is 18.1 Å². The molecule has 0 spiro atoms. The van der Waals surface area contributed by atoms with Gasteiger partial charge in [0.25, 0.3) is 0 Å². The molecule has 2 aliphatic heterocycles. The van der Waals surface area contributed by atoms with E-state index in [4.69, 9.17) is 9.47 Å². The summed E-state index contributed by atoms with van der Waals surface area (Å²) in [4.78, 5) is 31.5. The number of nitrogens with zero attached hydrogens (tertiary/aromatic N) is 5. The second-order valence-electron chi connectivity index (χ2n) is 8.56. The third-order valence-electron chi connectivity index (χ3n) is 6.36. The summed E-state index contributed by atoms with van der Waals surface area (Å²) in [5, 5.41) is 8.36. The number of aryl methyl sites for hydroxylation is 2. The van der Waals surface area contributed by atoms with Gasteiger partial charge in [0.1, 0.15) is 6.61 Å². The fraction of sp³-hybridized carbons (Fsp3) is 0.500. The summed E-state index contributed by atoms with van der Waals surface area (Å²) in [7, 11) is 1.62. The van der Waals surface area contributed by atoms with Gasteiger partial charge in [-0.15, -0.1) is 10.2 Å². The highest BCUT2D eigenvalue weighted by Crippen LogP contribution is 2.28. The van der Waals surface area contributed by atoms with Crippen LogP contribution in [0.25, 0.3) is 0 Å². The van der Waals surface area contributed by atoms with Crippen LogP contribution >= 0.6 is 0 Å². The molecule has 1 unspecified atom stereocenters. The van der Waals surface area contributed by atoms with Crippen molar-refractivity contribution in [2.24, 2.45) is 5.92 Å². The van der Waals surface area contributed by atoms with Crippen molar-refractivity contribution in [3.05, 3.63) is 41.5 Å². The largest absolute Gasteiger partial charge is 0.474 e. The number of piperazine rings is 1. The summed E-state index contributed by atoms with van der Waals surface area (Å²) in [5.41, 5.74) is 3.20. The number of carbonyl (C=O) groups excluding carboxylic acids is 2. The third kappa shape index (κ3) is 5.24. The van der Waals surface area contributed by atoms with Gasteiger partial charge in [-0.25, -0.2) is 0 Å². The van der Waals surface area contributed by atoms with E-state index < -0.39 is 0 Å². The van der Waals surface area contributed by atoms with E-state index >= 15 is 0 Å². The molecule has 2 aliphatic rings. The van der Waals surface area contributed by atoms with Crippen molar-refractivity contribution >= 4 is 23.3 Å². The molecule has 9 heteroatoms. The first kappa shape index (κ1) is 23.0. The van der Waals surface area contributed by atoms with Gasteiger partial charge in [0.15, 0.2) is 5.82 Å². The quantitative estimate of drug-likeness (QED) is 0.591. The smallest absolute Gasteiger partial charge is 0.233 e. The Balaban J connectivity index is 1.30. The number of hydrogen-bond donors (Lipinski definition) is 0. The average Bonchev–Trinajstić information content (AvgIpc) is 3.23. The molecule has 1 atom stereocenters. The third-order valence-corrected chi connectivity index (χ3v) is 6.36. The zero-order valence-electron chi connectivity index (χ0n) is 19.5. The number of ether oxygens (including phenoxy) is 2. The van der Waals surface area contributed by atoms with Crippen LogP contribution in [0.2, 0.25) is 0 Å². The lowest BCUT2D eigenvalue weighted by atomic mass is 10.1. The summed E-state index contributed by atoms with van der Waals surface area (Å²) in [6.07, 6.45) is 0.266. The Morgan fingerprint density at radius 1 is 1.03 bits per heavy atom. The van der Waals surface area contributed by atoms with Crippen molar-refractivity contribution in [3.63, 3.8) is 0 Å². The van der Waals surface area contributed by atoms with Crippen LogP contribution in [0.3, 0.4) is 0 Å². The van der Waals surface area contributed by atoms with Crippen LogP contribution in [0.15, 0.2) is 30.3 Å². The number of methoxy groups -OCH3 is 1. The van der Waals surface area contributed by atoms with Crippen LogP contribution in [0.1, 0.15) is 17.5 Å². The van der Waals surface area contributed by atoms with Crippen molar-refractivity contribution in [2.75, 3.05) is 62.8 Å². The standard InChI is InChI=1S/C24H31N5O4/c1-17-4-5-20(14-18(17)2)29-16-19(15-23(29)30)24(31)28-10-8-27(9-11-28)21-6-7-22(26-25-21)33-13-12-32-3/h4-7,14,19H,8-13,15-16H2,1-3H3. The minimum Gasteiger partial charge on any atom is -0.474 e. The topological polar surface area (TPSA) is 88.1 Å².